The van der Waals surface area contributed by atoms with Gasteiger partial charge in [0.25, 0.3) is 0 Å². The summed E-state index contributed by atoms with van der Waals surface area (Å²) in [6, 6.07) is 12.5. The average molecular weight is 354 g/mol. The molecule has 3 rings (SSSR count). The number of hydrogen-bond acceptors (Lipinski definition) is 2. The van der Waals surface area contributed by atoms with Crippen LogP contribution < -0.4 is 0 Å². The Labute approximate surface area is 150 Å². The Bertz CT molecular complexity index is 1000. The van der Waals surface area contributed by atoms with E-state index >= 15 is 0 Å². The van der Waals surface area contributed by atoms with E-state index in [0.29, 0.717) is 11.6 Å². The second-order valence-electron chi connectivity index (χ2n) is 5.78. The van der Waals surface area contributed by atoms with E-state index in [0.717, 1.165) is 22.0 Å². The highest BCUT2D eigenvalue weighted by Crippen LogP contribution is 2.26. The highest BCUT2D eigenvalue weighted by Gasteiger charge is 2.12. The smallest absolute Gasteiger partial charge is 0.335 e. The number of rotatable bonds is 5. The number of carboxylic acid groups (broad SMARTS) is 1. The second-order valence-corrected chi connectivity index (χ2v) is 6.19. The van der Waals surface area contributed by atoms with Crippen molar-refractivity contribution in [2.75, 3.05) is 0 Å². The lowest BCUT2D eigenvalue weighted by atomic mass is 10.1. The molecule has 0 saturated heterocycles. The number of allylic oxidation sites excluding steroid dienone is 1. The third-order valence-electron chi connectivity index (χ3n) is 3.96. The number of carboxylic acids is 1. The molecule has 5 heteroatoms. The van der Waals surface area contributed by atoms with Gasteiger partial charge in [0.05, 0.1) is 5.56 Å². The molecule has 0 amide bonds. The Kier molecular flexibility index (Phi) is 4.72. The van der Waals surface area contributed by atoms with E-state index in [9.17, 15) is 14.7 Å². The minimum atomic E-state index is -0.978. The van der Waals surface area contributed by atoms with Crippen LogP contribution >= 0.6 is 11.6 Å². The van der Waals surface area contributed by atoms with E-state index in [1.54, 1.807) is 24.3 Å². The Morgan fingerprint density at radius 2 is 1.96 bits per heavy atom. The summed E-state index contributed by atoms with van der Waals surface area (Å²) in [7, 11) is 0. The molecule has 0 saturated carbocycles. The maximum Gasteiger partial charge on any atom is 0.335 e. The van der Waals surface area contributed by atoms with Crippen LogP contribution in [0.4, 0.5) is 0 Å². The van der Waals surface area contributed by atoms with Crippen molar-refractivity contribution in [1.82, 2.24) is 4.57 Å². The fraction of sp³-hybridized carbons (Fsp3) is 0.100. The van der Waals surface area contributed by atoms with Crippen molar-refractivity contribution in [3.63, 3.8) is 0 Å². The SMILES string of the molecule is CC(=O)/C=C/c1cn(Cc2ccccc2Cl)c2cc(C(=O)O)ccc12. The minimum absolute atomic E-state index is 0.0471. The summed E-state index contributed by atoms with van der Waals surface area (Å²) in [4.78, 5) is 22.6. The zero-order valence-corrected chi connectivity index (χ0v) is 14.3. The van der Waals surface area contributed by atoms with E-state index in [4.69, 9.17) is 11.6 Å². The van der Waals surface area contributed by atoms with Gasteiger partial charge in [-0.25, -0.2) is 4.79 Å². The fourth-order valence-corrected chi connectivity index (χ4v) is 2.93. The second kappa shape index (κ2) is 6.95. The lowest BCUT2D eigenvalue weighted by molar-refractivity contribution is -0.112. The molecule has 1 N–H and O–H groups in total. The normalized spacial score (nSPS) is 11.3. The van der Waals surface area contributed by atoms with Gasteiger partial charge in [0, 0.05) is 34.2 Å². The lowest BCUT2D eigenvalue weighted by Crippen LogP contribution is -2.00. The molecule has 2 aromatic carbocycles. The number of ketones is 1. The van der Waals surface area contributed by atoms with E-state index < -0.39 is 5.97 Å². The van der Waals surface area contributed by atoms with Crippen LogP contribution in [0.3, 0.4) is 0 Å². The zero-order valence-electron chi connectivity index (χ0n) is 13.6. The molecule has 0 atom stereocenters. The van der Waals surface area contributed by atoms with Crippen LogP contribution in [0.2, 0.25) is 5.02 Å². The molecule has 4 nitrogen and oxygen atoms in total. The number of aromatic nitrogens is 1. The van der Waals surface area contributed by atoms with E-state index in [1.807, 2.05) is 35.0 Å². The Hall–Kier alpha value is -2.85. The first kappa shape index (κ1) is 17.0. The summed E-state index contributed by atoms with van der Waals surface area (Å²) in [5.74, 6) is -1.03. The van der Waals surface area contributed by atoms with E-state index in [1.165, 1.54) is 13.0 Å². The van der Waals surface area contributed by atoms with Crippen LogP contribution in [0.5, 0.6) is 0 Å². The predicted octanol–water partition coefficient (Wildman–Crippen LogP) is 4.64. The van der Waals surface area contributed by atoms with Crippen molar-refractivity contribution in [2.45, 2.75) is 13.5 Å². The van der Waals surface area contributed by atoms with Crippen molar-refractivity contribution in [3.05, 3.63) is 76.5 Å². The van der Waals surface area contributed by atoms with Gasteiger partial charge in [-0.1, -0.05) is 35.9 Å². The van der Waals surface area contributed by atoms with Gasteiger partial charge in [0.15, 0.2) is 5.78 Å². The summed E-state index contributed by atoms with van der Waals surface area (Å²) in [6.07, 6.45) is 5.15. The maximum absolute atomic E-state index is 11.3. The third kappa shape index (κ3) is 3.64. The fourth-order valence-electron chi connectivity index (χ4n) is 2.73. The average Bonchev–Trinajstić information content (AvgIpc) is 2.92. The molecule has 126 valence electrons. The molecular weight excluding hydrogens is 338 g/mol. The Balaban J connectivity index is 2.15. The van der Waals surface area contributed by atoms with Crippen LogP contribution in [0.25, 0.3) is 17.0 Å². The number of benzene rings is 2. The van der Waals surface area contributed by atoms with Crippen molar-refractivity contribution >= 4 is 40.3 Å². The number of halogens is 1. The van der Waals surface area contributed by atoms with Gasteiger partial charge in [-0.05, 0) is 42.8 Å². The first-order valence-corrected chi connectivity index (χ1v) is 8.12. The molecule has 1 heterocycles. The summed E-state index contributed by atoms with van der Waals surface area (Å²) in [5, 5.41) is 10.8. The Morgan fingerprint density at radius 1 is 1.20 bits per heavy atom. The van der Waals surface area contributed by atoms with Gasteiger partial charge in [0.2, 0.25) is 0 Å². The molecule has 3 aromatic rings. The van der Waals surface area contributed by atoms with Crippen LogP contribution in [-0.2, 0) is 11.3 Å². The first-order valence-electron chi connectivity index (χ1n) is 7.74. The van der Waals surface area contributed by atoms with Gasteiger partial charge < -0.3 is 9.67 Å². The van der Waals surface area contributed by atoms with Gasteiger partial charge in [-0.2, -0.15) is 0 Å². The van der Waals surface area contributed by atoms with Gasteiger partial charge in [0.1, 0.15) is 0 Å². The summed E-state index contributed by atoms with van der Waals surface area (Å²) in [5.41, 5.74) is 2.79. The van der Waals surface area contributed by atoms with Crippen LogP contribution in [0.15, 0.2) is 54.7 Å². The molecule has 0 spiro atoms. The molecule has 0 radical (unpaired) electrons. The number of carbonyl (C=O) groups excluding carboxylic acids is 1. The summed E-state index contributed by atoms with van der Waals surface area (Å²) < 4.78 is 1.95. The van der Waals surface area contributed by atoms with Crippen LogP contribution in [-0.4, -0.2) is 21.4 Å². The van der Waals surface area contributed by atoms with Crippen LogP contribution in [0.1, 0.15) is 28.4 Å². The predicted molar refractivity (Wildman–Crippen MR) is 99.2 cm³/mol. The van der Waals surface area contributed by atoms with Crippen LogP contribution in [0, 0.1) is 0 Å². The van der Waals surface area contributed by atoms with Crippen molar-refractivity contribution in [1.29, 1.82) is 0 Å². The quantitative estimate of drug-likeness (QED) is 0.679. The third-order valence-corrected chi connectivity index (χ3v) is 4.32. The first-order chi connectivity index (χ1) is 12.0. The summed E-state index contributed by atoms with van der Waals surface area (Å²) in [6.45, 7) is 2.00. The highest BCUT2D eigenvalue weighted by atomic mass is 35.5. The Morgan fingerprint density at radius 3 is 2.64 bits per heavy atom. The molecule has 0 aliphatic carbocycles. The molecule has 0 aliphatic heterocycles. The zero-order chi connectivity index (χ0) is 18.0. The highest BCUT2D eigenvalue weighted by molar-refractivity contribution is 6.31. The molecule has 0 bridgehead atoms. The summed E-state index contributed by atoms with van der Waals surface area (Å²) >= 11 is 6.25. The minimum Gasteiger partial charge on any atom is -0.478 e. The van der Waals surface area contributed by atoms with Crippen molar-refractivity contribution in [2.24, 2.45) is 0 Å². The maximum atomic E-state index is 11.3. The number of fused-ring (bicyclic) bond motifs is 1. The standard InChI is InChI=1S/C20H16ClNO3/c1-13(23)6-7-15-11-22(12-16-4-2-3-5-18(16)21)19-10-14(20(24)25)8-9-17(15)19/h2-11H,12H2,1H3,(H,24,25)/b7-6+. The number of hydrogen-bond donors (Lipinski definition) is 1. The number of aromatic carboxylic acids is 1. The van der Waals surface area contributed by atoms with Crippen molar-refractivity contribution < 1.29 is 14.7 Å². The van der Waals surface area contributed by atoms with E-state index in [2.05, 4.69) is 0 Å². The topological polar surface area (TPSA) is 59.3 Å². The molecular formula is C20H16ClNO3. The monoisotopic (exact) mass is 353 g/mol. The molecule has 0 aliphatic rings. The largest absolute Gasteiger partial charge is 0.478 e. The molecule has 25 heavy (non-hydrogen) atoms. The number of nitrogens with zero attached hydrogens (tertiary/aromatic N) is 1. The number of carbonyl (C=O) groups is 2. The molecule has 1 aromatic heterocycles. The van der Waals surface area contributed by atoms with Gasteiger partial charge in [-0.15, -0.1) is 0 Å². The van der Waals surface area contributed by atoms with Gasteiger partial charge >= 0.3 is 5.97 Å². The van der Waals surface area contributed by atoms with Crippen molar-refractivity contribution in [3.8, 4) is 0 Å². The van der Waals surface area contributed by atoms with E-state index in [-0.39, 0.29) is 11.3 Å². The lowest BCUT2D eigenvalue weighted by Gasteiger charge is -2.08. The molecule has 0 unspecified atom stereocenters. The molecule has 0 fully saturated rings. The van der Waals surface area contributed by atoms with Gasteiger partial charge in [-0.3, -0.25) is 4.79 Å².